The standard InChI is InChI=1S/C15H22N2O4/c1-15(2,10-4-6-11(16)7-5-10)14(20)17-9-12(21-3)8-13(18)19/h4-7,12H,8-9,16H2,1-3H3,(H,17,20)(H,18,19). The summed E-state index contributed by atoms with van der Waals surface area (Å²) in [5, 5.41) is 11.5. The topological polar surface area (TPSA) is 102 Å². The first-order valence-corrected chi connectivity index (χ1v) is 6.66. The van der Waals surface area contributed by atoms with Gasteiger partial charge in [0.05, 0.1) is 17.9 Å². The Labute approximate surface area is 124 Å². The van der Waals surface area contributed by atoms with E-state index in [-0.39, 0.29) is 18.9 Å². The van der Waals surface area contributed by atoms with Crippen molar-refractivity contribution in [2.75, 3.05) is 19.4 Å². The average Bonchev–Trinajstić information content (AvgIpc) is 2.43. The number of carbonyl (C=O) groups is 2. The smallest absolute Gasteiger partial charge is 0.306 e. The summed E-state index contributed by atoms with van der Waals surface area (Å²) in [6.07, 6.45) is -0.701. The molecular formula is C15H22N2O4. The third-order valence-electron chi connectivity index (χ3n) is 3.43. The van der Waals surface area contributed by atoms with E-state index in [2.05, 4.69) is 5.32 Å². The van der Waals surface area contributed by atoms with Crippen LogP contribution < -0.4 is 11.1 Å². The lowest BCUT2D eigenvalue weighted by Crippen LogP contribution is -2.43. The molecular weight excluding hydrogens is 272 g/mol. The molecule has 1 aromatic carbocycles. The summed E-state index contributed by atoms with van der Waals surface area (Å²) in [4.78, 5) is 23.0. The van der Waals surface area contributed by atoms with Crippen LogP contribution in [0.25, 0.3) is 0 Å². The van der Waals surface area contributed by atoms with Crippen LogP contribution in [0.15, 0.2) is 24.3 Å². The summed E-state index contributed by atoms with van der Waals surface area (Å²) in [5.74, 6) is -1.16. The van der Waals surface area contributed by atoms with Gasteiger partial charge >= 0.3 is 5.97 Å². The van der Waals surface area contributed by atoms with E-state index >= 15 is 0 Å². The molecule has 6 nitrogen and oxygen atoms in total. The molecule has 1 unspecified atom stereocenters. The number of hydrogen-bond donors (Lipinski definition) is 3. The molecule has 116 valence electrons. The van der Waals surface area contributed by atoms with Gasteiger partial charge in [-0.25, -0.2) is 0 Å². The number of nitrogen functional groups attached to an aromatic ring is 1. The molecule has 0 fully saturated rings. The Morgan fingerprint density at radius 1 is 1.33 bits per heavy atom. The van der Waals surface area contributed by atoms with Gasteiger partial charge in [0.15, 0.2) is 0 Å². The number of nitrogens with two attached hydrogens (primary N) is 1. The molecule has 0 bridgehead atoms. The van der Waals surface area contributed by atoms with E-state index in [1.54, 1.807) is 38.1 Å². The molecule has 0 aliphatic rings. The van der Waals surface area contributed by atoms with Gasteiger partial charge in [-0.3, -0.25) is 9.59 Å². The fraction of sp³-hybridized carbons (Fsp3) is 0.467. The zero-order valence-corrected chi connectivity index (χ0v) is 12.6. The summed E-state index contributed by atoms with van der Waals surface area (Å²) in [6.45, 7) is 3.75. The van der Waals surface area contributed by atoms with Gasteiger partial charge in [-0.1, -0.05) is 12.1 Å². The number of nitrogens with one attached hydrogen (secondary N) is 1. The van der Waals surface area contributed by atoms with Crippen molar-refractivity contribution in [3.63, 3.8) is 0 Å². The van der Waals surface area contributed by atoms with Gasteiger partial charge in [0.2, 0.25) is 5.91 Å². The first kappa shape index (κ1) is 17.0. The number of methoxy groups -OCH3 is 1. The zero-order chi connectivity index (χ0) is 16.0. The molecule has 0 aliphatic carbocycles. The Morgan fingerprint density at radius 3 is 2.38 bits per heavy atom. The number of carboxylic acids is 1. The van der Waals surface area contributed by atoms with Crippen LogP contribution in [0.3, 0.4) is 0 Å². The van der Waals surface area contributed by atoms with E-state index in [4.69, 9.17) is 15.6 Å². The minimum atomic E-state index is -0.964. The highest BCUT2D eigenvalue weighted by atomic mass is 16.5. The Bertz CT molecular complexity index is 497. The number of ether oxygens (including phenoxy) is 1. The number of hydrogen-bond acceptors (Lipinski definition) is 4. The van der Waals surface area contributed by atoms with Crippen LogP contribution in [-0.2, 0) is 19.7 Å². The first-order valence-electron chi connectivity index (χ1n) is 6.66. The van der Waals surface area contributed by atoms with Crippen LogP contribution in [-0.4, -0.2) is 36.7 Å². The van der Waals surface area contributed by atoms with Crippen molar-refractivity contribution in [2.24, 2.45) is 0 Å². The van der Waals surface area contributed by atoms with Crippen LogP contribution in [0.5, 0.6) is 0 Å². The SMILES string of the molecule is COC(CNC(=O)C(C)(C)c1ccc(N)cc1)CC(=O)O. The lowest BCUT2D eigenvalue weighted by atomic mass is 9.83. The summed E-state index contributed by atoms with van der Waals surface area (Å²) in [6, 6.07) is 7.10. The predicted octanol–water partition coefficient (Wildman–Crippen LogP) is 1.15. The van der Waals surface area contributed by atoms with Crippen molar-refractivity contribution in [1.82, 2.24) is 5.32 Å². The molecule has 0 aromatic heterocycles. The number of aliphatic carboxylic acids is 1. The Hall–Kier alpha value is -2.08. The highest BCUT2D eigenvalue weighted by Crippen LogP contribution is 2.24. The van der Waals surface area contributed by atoms with Crippen LogP contribution in [0.4, 0.5) is 5.69 Å². The Balaban J connectivity index is 2.68. The Morgan fingerprint density at radius 2 is 1.90 bits per heavy atom. The zero-order valence-electron chi connectivity index (χ0n) is 12.6. The van der Waals surface area contributed by atoms with Gasteiger partial charge in [0.25, 0.3) is 0 Å². The Kier molecular flexibility index (Phi) is 5.72. The van der Waals surface area contributed by atoms with Crippen molar-refractivity contribution in [1.29, 1.82) is 0 Å². The molecule has 0 saturated heterocycles. The van der Waals surface area contributed by atoms with E-state index in [0.717, 1.165) is 5.56 Å². The maximum Gasteiger partial charge on any atom is 0.306 e. The van der Waals surface area contributed by atoms with E-state index < -0.39 is 17.5 Å². The van der Waals surface area contributed by atoms with Crippen molar-refractivity contribution < 1.29 is 19.4 Å². The van der Waals surface area contributed by atoms with E-state index in [1.165, 1.54) is 7.11 Å². The summed E-state index contributed by atoms with van der Waals surface area (Å²) in [7, 11) is 1.42. The third-order valence-corrected chi connectivity index (χ3v) is 3.43. The van der Waals surface area contributed by atoms with Crippen LogP contribution in [0, 0.1) is 0 Å². The second kappa shape index (κ2) is 7.08. The second-order valence-electron chi connectivity index (χ2n) is 5.41. The number of carboxylic acid groups (broad SMARTS) is 1. The van der Waals surface area contributed by atoms with Gasteiger partial charge in [0.1, 0.15) is 0 Å². The summed E-state index contributed by atoms with van der Waals surface area (Å²) in [5.41, 5.74) is 6.36. The fourth-order valence-electron chi connectivity index (χ4n) is 1.89. The monoisotopic (exact) mass is 294 g/mol. The van der Waals surface area contributed by atoms with Gasteiger partial charge in [-0.05, 0) is 31.5 Å². The minimum Gasteiger partial charge on any atom is -0.481 e. The molecule has 0 heterocycles. The van der Waals surface area contributed by atoms with Crippen LogP contribution in [0.1, 0.15) is 25.8 Å². The molecule has 1 atom stereocenters. The summed E-state index contributed by atoms with van der Waals surface area (Å²) >= 11 is 0. The molecule has 4 N–H and O–H groups in total. The van der Waals surface area contributed by atoms with Gasteiger partial charge in [-0.15, -0.1) is 0 Å². The second-order valence-corrected chi connectivity index (χ2v) is 5.41. The first-order chi connectivity index (χ1) is 9.77. The molecule has 0 radical (unpaired) electrons. The van der Waals surface area contributed by atoms with E-state index in [0.29, 0.717) is 5.69 Å². The number of carbonyl (C=O) groups excluding carboxylic acids is 1. The highest BCUT2D eigenvalue weighted by Gasteiger charge is 2.30. The van der Waals surface area contributed by atoms with E-state index in [1.807, 2.05) is 0 Å². The number of amides is 1. The maximum atomic E-state index is 12.3. The number of benzene rings is 1. The van der Waals surface area contributed by atoms with Crippen molar-refractivity contribution in [2.45, 2.75) is 31.8 Å². The third kappa shape index (κ3) is 4.75. The molecule has 1 rings (SSSR count). The average molecular weight is 294 g/mol. The highest BCUT2D eigenvalue weighted by molar-refractivity contribution is 5.87. The summed E-state index contributed by atoms with van der Waals surface area (Å²) < 4.78 is 5.03. The predicted molar refractivity (Wildman–Crippen MR) is 79.9 cm³/mol. The fourth-order valence-corrected chi connectivity index (χ4v) is 1.89. The van der Waals surface area contributed by atoms with Gasteiger partial charge < -0.3 is 20.9 Å². The maximum absolute atomic E-state index is 12.3. The quantitative estimate of drug-likeness (QED) is 0.655. The normalized spacial score (nSPS) is 12.7. The molecule has 6 heteroatoms. The van der Waals surface area contributed by atoms with Crippen LogP contribution >= 0.6 is 0 Å². The van der Waals surface area contributed by atoms with E-state index in [9.17, 15) is 9.59 Å². The van der Waals surface area contributed by atoms with Crippen LogP contribution in [0.2, 0.25) is 0 Å². The minimum absolute atomic E-state index is 0.153. The van der Waals surface area contributed by atoms with Gasteiger partial charge in [0, 0.05) is 19.3 Å². The lowest BCUT2D eigenvalue weighted by molar-refractivity contribution is -0.140. The molecule has 21 heavy (non-hydrogen) atoms. The van der Waals surface area contributed by atoms with Crippen molar-refractivity contribution >= 4 is 17.6 Å². The largest absolute Gasteiger partial charge is 0.481 e. The lowest BCUT2D eigenvalue weighted by Gasteiger charge is -2.25. The molecule has 0 spiro atoms. The van der Waals surface area contributed by atoms with Crippen molar-refractivity contribution in [3.8, 4) is 0 Å². The molecule has 0 saturated carbocycles. The molecule has 1 amide bonds. The number of anilines is 1. The van der Waals surface area contributed by atoms with Crippen molar-refractivity contribution in [3.05, 3.63) is 29.8 Å². The molecule has 0 aliphatic heterocycles. The van der Waals surface area contributed by atoms with Gasteiger partial charge in [-0.2, -0.15) is 0 Å². The molecule has 1 aromatic rings. The number of rotatable bonds is 7.